The van der Waals surface area contributed by atoms with Crippen molar-refractivity contribution in [3.05, 3.63) is 119 Å². The van der Waals surface area contributed by atoms with Crippen LogP contribution in [0.3, 0.4) is 0 Å². The van der Waals surface area contributed by atoms with Crippen LogP contribution < -0.4 is 5.32 Å². The smallest absolute Gasteiger partial charge is 0.256 e. The van der Waals surface area contributed by atoms with E-state index in [2.05, 4.69) is 22.4 Å². The molecule has 4 aromatic rings. The highest BCUT2D eigenvalue weighted by Crippen LogP contribution is 2.31. The zero-order chi connectivity index (χ0) is 23.9. The number of carbonyl (C=O) groups is 1. The first-order chi connectivity index (χ1) is 16.6. The number of rotatable bonds is 7. The normalized spacial score (nSPS) is 11.3. The van der Waals surface area contributed by atoms with E-state index in [1.165, 1.54) is 0 Å². The van der Waals surface area contributed by atoms with Crippen LogP contribution in [-0.4, -0.2) is 15.5 Å². The first kappa shape index (κ1) is 22.5. The molecule has 0 aliphatic rings. The van der Waals surface area contributed by atoms with Gasteiger partial charge in [0.2, 0.25) is 0 Å². The molecule has 1 unspecified atom stereocenters. The molecule has 1 atom stereocenters. The van der Waals surface area contributed by atoms with E-state index in [9.17, 15) is 15.3 Å². The van der Waals surface area contributed by atoms with Crippen molar-refractivity contribution < 1.29 is 9.53 Å². The molecule has 4 rings (SSSR count). The lowest BCUT2D eigenvalue weighted by molar-refractivity contribution is 0.0622. The summed E-state index contributed by atoms with van der Waals surface area (Å²) in [7, 11) is 1.88. The maximum absolute atomic E-state index is 13.3. The van der Waals surface area contributed by atoms with E-state index >= 15 is 0 Å². The van der Waals surface area contributed by atoms with E-state index in [4.69, 9.17) is 4.74 Å². The predicted octanol–water partition coefficient (Wildman–Crippen LogP) is 4.72. The van der Waals surface area contributed by atoms with Gasteiger partial charge in [0.15, 0.2) is 0 Å². The average molecular weight is 447 g/mol. The van der Waals surface area contributed by atoms with Crippen LogP contribution in [0.1, 0.15) is 44.4 Å². The summed E-state index contributed by atoms with van der Waals surface area (Å²) in [6.45, 7) is 0.251. The molecule has 3 aromatic carbocycles. The average Bonchev–Trinajstić information content (AvgIpc) is 3.29. The molecular formula is C27H21N5O2. The molecule has 166 valence electrons. The van der Waals surface area contributed by atoms with Gasteiger partial charge in [0.05, 0.1) is 48.1 Å². The van der Waals surface area contributed by atoms with Crippen LogP contribution in [0.5, 0.6) is 0 Å². The Morgan fingerprint density at radius 2 is 1.74 bits per heavy atom. The summed E-state index contributed by atoms with van der Waals surface area (Å²) in [4.78, 5) is 17.4. The number of hydrogen-bond donors (Lipinski definition) is 1. The minimum absolute atomic E-state index is 0.251. The van der Waals surface area contributed by atoms with Crippen molar-refractivity contribution in [2.75, 3.05) is 5.32 Å². The molecule has 0 spiro atoms. The Bertz CT molecular complexity index is 1380. The Morgan fingerprint density at radius 3 is 2.38 bits per heavy atom. The maximum atomic E-state index is 13.3. The van der Waals surface area contributed by atoms with Gasteiger partial charge in [-0.1, -0.05) is 36.4 Å². The fourth-order valence-electron chi connectivity index (χ4n) is 3.56. The second kappa shape index (κ2) is 10.3. The maximum Gasteiger partial charge on any atom is 0.256 e. The van der Waals surface area contributed by atoms with Gasteiger partial charge in [0, 0.05) is 18.3 Å². The quantitative estimate of drug-likeness (QED) is 0.441. The van der Waals surface area contributed by atoms with E-state index in [-0.39, 0.29) is 12.5 Å². The number of anilines is 1. The van der Waals surface area contributed by atoms with Crippen LogP contribution in [-0.2, 0) is 18.4 Å². The van der Waals surface area contributed by atoms with E-state index in [1.807, 2.05) is 41.9 Å². The summed E-state index contributed by atoms with van der Waals surface area (Å²) in [6.07, 6.45) is 2.79. The molecule has 0 bridgehead atoms. The first-order valence-electron chi connectivity index (χ1n) is 10.6. The largest absolute Gasteiger partial charge is 0.362 e. The lowest BCUT2D eigenvalue weighted by Gasteiger charge is -2.22. The van der Waals surface area contributed by atoms with Gasteiger partial charge in [-0.15, -0.1) is 0 Å². The minimum Gasteiger partial charge on any atom is -0.362 e. The predicted molar refractivity (Wildman–Crippen MR) is 127 cm³/mol. The molecular weight excluding hydrogens is 426 g/mol. The van der Waals surface area contributed by atoms with Crippen molar-refractivity contribution in [2.24, 2.45) is 7.05 Å². The highest BCUT2D eigenvalue weighted by atomic mass is 16.5. The van der Waals surface area contributed by atoms with Crippen LogP contribution in [0, 0.1) is 22.7 Å². The molecule has 0 aliphatic heterocycles. The summed E-state index contributed by atoms with van der Waals surface area (Å²) in [6, 6.07) is 25.3. The van der Waals surface area contributed by atoms with Crippen molar-refractivity contribution in [1.82, 2.24) is 9.55 Å². The molecule has 0 radical (unpaired) electrons. The number of nitriles is 2. The molecule has 0 saturated heterocycles. The van der Waals surface area contributed by atoms with Gasteiger partial charge in [-0.3, -0.25) is 4.79 Å². The van der Waals surface area contributed by atoms with Crippen molar-refractivity contribution in [2.45, 2.75) is 12.7 Å². The number of imidazole rings is 1. The Morgan fingerprint density at radius 1 is 1.03 bits per heavy atom. The van der Waals surface area contributed by atoms with Crippen LogP contribution in [0.25, 0.3) is 0 Å². The molecule has 34 heavy (non-hydrogen) atoms. The summed E-state index contributed by atoms with van der Waals surface area (Å²) in [5, 5.41) is 21.5. The monoisotopic (exact) mass is 447 g/mol. The topological polar surface area (TPSA) is 104 Å². The van der Waals surface area contributed by atoms with Gasteiger partial charge in [-0.05, 0) is 47.5 Å². The minimum atomic E-state index is -0.619. The third-order valence-corrected chi connectivity index (χ3v) is 5.40. The van der Waals surface area contributed by atoms with E-state index in [0.717, 1.165) is 11.3 Å². The number of hydrogen-bond acceptors (Lipinski definition) is 5. The number of nitrogens with zero attached hydrogens (tertiary/aromatic N) is 4. The van der Waals surface area contributed by atoms with E-state index < -0.39 is 6.10 Å². The second-order valence-corrected chi connectivity index (χ2v) is 7.65. The highest BCUT2D eigenvalue weighted by Gasteiger charge is 2.23. The number of para-hydroxylation sites is 1. The van der Waals surface area contributed by atoms with Gasteiger partial charge in [-0.25, -0.2) is 4.98 Å². The fraction of sp³-hybridized carbons (Fsp3) is 0.111. The molecule has 0 aliphatic carbocycles. The summed E-state index contributed by atoms with van der Waals surface area (Å²) in [5.41, 5.74) is 4.12. The van der Waals surface area contributed by atoms with Crippen LogP contribution in [0.4, 0.5) is 5.69 Å². The first-order valence-corrected chi connectivity index (χ1v) is 10.6. The van der Waals surface area contributed by atoms with Gasteiger partial charge in [0.25, 0.3) is 5.91 Å². The Hall–Kier alpha value is -4.72. The molecule has 1 aromatic heterocycles. The van der Waals surface area contributed by atoms with Gasteiger partial charge in [-0.2, -0.15) is 10.5 Å². The number of aromatic nitrogens is 2. The van der Waals surface area contributed by atoms with Crippen molar-refractivity contribution in [1.29, 1.82) is 10.5 Å². The molecule has 1 amide bonds. The standard InChI is InChI=1S/C27H21N5O2/c1-32-18-30-16-23(32)17-34-26(21-10-7-19(14-28)8-11-21)24-12-9-20(15-29)13-25(24)27(33)31-22-5-3-2-4-6-22/h2-13,16,18,26H,17H2,1H3,(H,31,33). The second-order valence-electron chi connectivity index (χ2n) is 7.65. The fourth-order valence-corrected chi connectivity index (χ4v) is 3.56. The zero-order valence-corrected chi connectivity index (χ0v) is 18.5. The highest BCUT2D eigenvalue weighted by molar-refractivity contribution is 6.05. The summed E-state index contributed by atoms with van der Waals surface area (Å²) >= 11 is 0. The number of benzene rings is 3. The van der Waals surface area contributed by atoms with Crippen molar-refractivity contribution >= 4 is 11.6 Å². The summed E-state index contributed by atoms with van der Waals surface area (Å²) in [5.74, 6) is -0.346. The SMILES string of the molecule is Cn1cncc1COC(c1ccc(C#N)cc1)c1ccc(C#N)cc1C(=O)Nc1ccccc1. The molecule has 0 saturated carbocycles. The van der Waals surface area contributed by atoms with Gasteiger partial charge < -0.3 is 14.6 Å². The molecule has 7 heteroatoms. The molecule has 7 nitrogen and oxygen atoms in total. The van der Waals surface area contributed by atoms with Crippen molar-refractivity contribution in [3.63, 3.8) is 0 Å². The van der Waals surface area contributed by atoms with Gasteiger partial charge >= 0.3 is 0 Å². The van der Waals surface area contributed by atoms with Crippen LogP contribution in [0.15, 0.2) is 85.3 Å². The number of aryl methyl sites for hydroxylation is 1. The van der Waals surface area contributed by atoms with Crippen LogP contribution in [0.2, 0.25) is 0 Å². The number of carbonyl (C=O) groups excluding carboxylic acids is 1. The third kappa shape index (κ3) is 5.02. The number of nitrogens with one attached hydrogen (secondary N) is 1. The Kier molecular flexibility index (Phi) is 6.78. The van der Waals surface area contributed by atoms with Crippen LogP contribution >= 0.6 is 0 Å². The molecule has 1 heterocycles. The van der Waals surface area contributed by atoms with Crippen molar-refractivity contribution in [3.8, 4) is 12.1 Å². The Balaban J connectivity index is 1.75. The Labute approximate surface area is 197 Å². The third-order valence-electron chi connectivity index (χ3n) is 5.40. The zero-order valence-electron chi connectivity index (χ0n) is 18.5. The van der Waals surface area contributed by atoms with Gasteiger partial charge in [0.1, 0.15) is 6.10 Å². The summed E-state index contributed by atoms with van der Waals surface area (Å²) < 4.78 is 8.18. The molecule has 0 fully saturated rings. The van der Waals surface area contributed by atoms with E-state index in [0.29, 0.717) is 27.9 Å². The lowest BCUT2D eigenvalue weighted by Crippen LogP contribution is -2.18. The lowest BCUT2D eigenvalue weighted by atomic mass is 9.94. The van der Waals surface area contributed by atoms with E-state index in [1.54, 1.807) is 55.0 Å². The number of amides is 1. The number of ether oxygens (including phenoxy) is 1. The molecule has 1 N–H and O–H groups in total.